The molecule has 0 radical (unpaired) electrons. The largest absolute Gasteiger partial charge is 0.493 e. The minimum atomic E-state index is -0.528. The van der Waals surface area contributed by atoms with Crippen LogP contribution in [0, 0.1) is 5.82 Å². The molecule has 0 unspecified atom stereocenters. The normalized spacial score (nSPS) is 11.8. The molecule has 0 atom stereocenters. The molecule has 0 aliphatic rings. The van der Waals surface area contributed by atoms with Crippen LogP contribution in [0.3, 0.4) is 0 Å². The van der Waals surface area contributed by atoms with Gasteiger partial charge in [0.25, 0.3) is 5.91 Å². The number of hydrogen-bond donors (Lipinski definition) is 0. The van der Waals surface area contributed by atoms with E-state index in [0.717, 1.165) is 16.9 Å². The number of thiazole rings is 1. The van der Waals surface area contributed by atoms with Crippen molar-refractivity contribution in [3.05, 3.63) is 58.7 Å². The summed E-state index contributed by atoms with van der Waals surface area (Å²) in [5, 5.41) is 0. The number of esters is 1. The van der Waals surface area contributed by atoms with Gasteiger partial charge in [-0.05, 0) is 48.9 Å². The van der Waals surface area contributed by atoms with E-state index in [-0.39, 0.29) is 18.0 Å². The summed E-state index contributed by atoms with van der Waals surface area (Å²) in [7, 11) is 3.07. The molecule has 2 aromatic carbocycles. The first kappa shape index (κ1) is 22.2. The van der Waals surface area contributed by atoms with Gasteiger partial charge in [0.1, 0.15) is 12.4 Å². The maximum absolute atomic E-state index is 13.6. The van der Waals surface area contributed by atoms with Crippen LogP contribution in [0.1, 0.15) is 12.5 Å². The Balaban J connectivity index is 1.94. The molecule has 1 heterocycles. The highest BCUT2D eigenvalue weighted by molar-refractivity contribution is 7.16. The maximum Gasteiger partial charge on any atom is 0.326 e. The number of fused-ring (bicyclic) bond motifs is 1. The minimum absolute atomic E-state index is 0.134. The second-order valence-corrected chi connectivity index (χ2v) is 7.29. The van der Waals surface area contributed by atoms with Crippen LogP contribution < -0.4 is 14.3 Å². The highest BCUT2D eigenvalue weighted by Gasteiger charge is 2.12. The molecule has 9 heteroatoms. The predicted molar refractivity (Wildman–Crippen MR) is 116 cm³/mol. The van der Waals surface area contributed by atoms with Crippen molar-refractivity contribution in [1.29, 1.82) is 0 Å². The molecule has 0 aliphatic heterocycles. The molecule has 0 saturated heterocycles. The van der Waals surface area contributed by atoms with E-state index in [1.807, 2.05) is 0 Å². The summed E-state index contributed by atoms with van der Waals surface area (Å²) >= 11 is 1.12. The number of aromatic nitrogens is 1. The van der Waals surface area contributed by atoms with E-state index in [9.17, 15) is 14.0 Å². The smallest absolute Gasteiger partial charge is 0.326 e. The van der Waals surface area contributed by atoms with Crippen molar-refractivity contribution in [2.75, 3.05) is 20.8 Å². The lowest BCUT2D eigenvalue weighted by Crippen LogP contribution is -2.22. The molecule has 0 N–H and O–H groups in total. The van der Waals surface area contributed by atoms with Crippen LogP contribution in [0.4, 0.5) is 4.39 Å². The van der Waals surface area contributed by atoms with E-state index >= 15 is 0 Å². The van der Waals surface area contributed by atoms with E-state index in [1.54, 1.807) is 41.8 Å². The third-order valence-electron chi connectivity index (χ3n) is 4.27. The highest BCUT2D eigenvalue weighted by Crippen LogP contribution is 2.28. The van der Waals surface area contributed by atoms with Gasteiger partial charge in [-0.2, -0.15) is 4.99 Å². The SMILES string of the molecule is CCOC(=O)Cn1c(=NC(=O)/C=C\c2ccc(OC)c(OC)c2)sc2cc(F)ccc21. The number of benzene rings is 2. The Kier molecular flexibility index (Phi) is 7.19. The molecule has 3 aromatic rings. The molecule has 0 fully saturated rings. The number of ether oxygens (including phenoxy) is 3. The van der Waals surface area contributed by atoms with Crippen molar-refractivity contribution in [2.24, 2.45) is 4.99 Å². The highest BCUT2D eigenvalue weighted by atomic mass is 32.1. The summed E-state index contributed by atoms with van der Waals surface area (Å²) in [4.78, 5) is 28.8. The molecule has 0 aliphatic carbocycles. The second kappa shape index (κ2) is 10.0. The van der Waals surface area contributed by atoms with Gasteiger partial charge < -0.3 is 18.8 Å². The summed E-state index contributed by atoms with van der Waals surface area (Å²) < 4.78 is 31.2. The molecule has 0 spiro atoms. The number of hydrogen-bond acceptors (Lipinski definition) is 6. The zero-order chi connectivity index (χ0) is 22.4. The van der Waals surface area contributed by atoms with Crippen molar-refractivity contribution in [2.45, 2.75) is 13.5 Å². The van der Waals surface area contributed by atoms with Gasteiger partial charge in [-0.25, -0.2) is 4.39 Å². The molecule has 1 amide bonds. The summed E-state index contributed by atoms with van der Waals surface area (Å²) in [5.41, 5.74) is 1.31. The van der Waals surface area contributed by atoms with Crippen molar-refractivity contribution in [3.63, 3.8) is 0 Å². The molecule has 0 saturated carbocycles. The van der Waals surface area contributed by atoms with E-state index in [4.69, 9.17) is 14.2 Å². The number of nitrogens with zero attached hydrogens (tertiary/aromatic N) is 2. The predicted octanol–water partition coefficient (Wildman–Crippen LogP) is 3.56. The first-order valence-electron chi connectivity index (χ1n) is 9.38. The molecular weight excluding hydrogens is 423 g/mol. The Bertz CT molecular complexity index is 1210. The molecule has 0 bridgehead atoms. The van der Waals surface area contributed by atoms with Crippen LogP contribution >= 0.6 is 11.3 Å². The number of carbonyl (C=O) groups is 2. The molecule has 7 nitrogen and oxygen atoms in total. The molecule has 1 aromatic heterocycles. The number of carbonyl (C=O) groups excluding carboxylic acids is 2. The topological polar surface area (TPSA) is 79.1 Å². The van der Waals surface area contributed by atoms with E-state index in [2.05, 4.69) is 4.99 Å². The molecule has 31 heavy (non-hydrogen) atoms. The van der Waals surface area contributed by atoms with Crippen LogP contribution in [-0.4, -0.2) is 37.3 Å². The fraction of sp³-hybridized carbons (Fsp3) is 0.227. The first-order valence-corrected chi connectivity index (χ1v) is 10.2. The quantitative estimate of drug-likeness (QED) is 0.411. The lowest BCUT2D eigenvalue weighted by atomic mass is 10.2. The van der Waals surface area contributed by atoms with Crippen molar-refractivity contribution in [3.8, 4) is 11.5 Å². The van der Waals surface area contributed by atoms with Crippen molar-refractivity contribution >= 4 is 39.5 Å². The van der Waals surface area contributed by atoms with Gasteiger partial charge in [0, 0.05) is 6.08 Å². The standard InChI is InChI=1S/C22H21FN2O5S/c1-4-30-21(27)13-25-16-8-7-15(23)12-19(16)31-22(25)24-20(26)10-6-14-5-9-17(28-2)18(11-14)29-3/h5-12H,4,13H2,1-3H3/b10-6-,24-22?. The van der Waals surface area contributed by atoms with Gasteiger partial charge >= 0.3 is 5.97 Å². The second-order valence-electron chi connectivity index (χ2n) is 6.29. The average Bonchev–Trinajstić information content (AvgIpc) is 3.07. The fourth-order valence-corrected chi connectivity index (χ4v) is 3.94. The fourth-order valence-electron chi connectivity index (χ4n) is 2.88. The minimum Gasteiger partial charge on any atom is -0.493 e. The lowest BCUT2D eigenvalue weighted by molar-refractivity contribution is -0.143. The van der Waals surface area contributed by atoms with Crippen LogP contribution in [0.15, 0.2) is 47.5 Å². The van der Waals surface area contributed by atoms with E-state index in [1.165, 1.54) is 32.4 Å². The van der Waals surface area contributed by atoms with Gasteiger partial charge in [0.2, 0.25) is 0 Å². The molecular formula is C22H21FN2O5S. The van der Waals surface area contributed by atoms with Gasteiger partial charge in [0.05, 0.1) is 31.0 Å². The molecule has 3 rings (SSSR count). The van der Waals surface area contributed by atoms with Crippen LogP contribution in [0.5, 0.6) is 11.5 Å². The summed E-state index contributed by atoms with van der Waals surface area (Å²) in [6.07, 6.45) is 2.90. The van der Waals surface area contributed by atoms with Gasteiger partial charge in [-0.1, -0.05) is 17.4 Å². The maximum atomic E-state index is 13.6. The van der Waals surface area contributed by atoms with Crippen molar-refractivity contribution < 1.29 is 28.2 Å². The van der Waals surface area contributed by atoms with Gasteiger partial charge in [0.15, 0.2) is 16.3 Å². The van der Waals surface area contributed by atoms with E-state index < -0.39 is 17.7 Å². The van der Waals surface area contributed by atoms with Crippen molar-refractivity contribution in [1.82, 2.24) is 4.57 Å². The number of amides is 1. The van der Waals surface area contributed by atoms with Crippen LogP contribution in [0.25, 0.3) is 16.3 Å². The Hall–Kier alpha value is -3.46. The zero-order valence-electron chi connectivity index (χ0n) is 17.3. The number of methoxy groups -OCH3 is 2. The van der Waals surface area contributed by atoms with Crippen LogP contribution in [0.2, 0.25) is 0 Å². The molecule has 162 valence electrons. The summed E-state index contributed by atoms with van der Waals surface area (Å²) in [5.74, 6) is -0.301. The Morgan fingerprint density at radius 2 is 1.90 bits per heavy atom. The van der Waals surface area contributed by atoms with Gasteiger partial charge in [-0.3, -0.25) is 9.59 Å². The third kappa shape index (κ3) is 5.37. The zero-order valence-corrected chi connectivity index (χ0v) is 18.1. The number of halogens is 1. The third-order valence-corrected chi connectivity index (χ3v) is 5.31. The Morgan fingerprint density at radius 3 is 2.61 bits per heavy atom. The summed E-state index contributed by atoms with van der Waals surface area (Å²) in [6, 6.07) is 9.40. The first-order chi connectivity index (χ1) is 14.9. The number of rotatable bonds is 7. The summed E-state index contributed by atoms with van der Waals surface area (Å²) in [6.45, 7) is 1.80. The Labute approximate surface area is 182 Å². The van der Waals surface area contributed by atoms with Gasteiger partial charge in [-0.15, -0.1) is 0 Å². The lowest BCUT2D eigenvalue weighted by Gasteiger charge is -2.07. The average molecular weight is 444 g/mol. The monoisotopic (exact) mass is 444 g/mol. The van der Waals surface area contributed by atoms with Crippen LogP contribution in [-0.2, 0) is 20.9 Å². The van der Waals surface area contributed by atoms with E-state index in [0.29, 0.717) is 21.7 Å². The Morgan fingerprint density at radius 1 is 1.13 bits per heavy atom.